The van der Waals surface area contributed by atoms with Crippen LogP contribution in [0.25, 0.3) is 0 Å². The van der Waals surface area contributed by atoms with E-state index in [0.29, 0.717) is 16.3 Å². The highest BCUT2D eigenvalue weighted by Crippen LogP contribution is 2.26. The van der Waals surface area contributed by atoms with Gasteiger partial charge in [-0.3, -0.25) is 4.79 Å². The summed E-state index contributed by atoms with van der Waals surface area (Å²) < 4.78 is 31.6. The Morgan fingerprint density at radius 2 is 1.93 bits per heavy atom. The Balaban J connectivity index is 1.86. The normalized spacial score (nSPS) is 18.6. The Morgan fingerprint density at radius 1 is 1.21 bits per heavy atom. The molecule has 1 fully saturated rings. The lowest BCUT2D eigenvalue weighted by Crippen LogP contribution is -2.23. The molecule has 0 aliphatic carbocycles. The standard InChI is InChI=1S/C18H16IN3O4S2/c1-11-4-3-5-13(10-20-22-18-21-17(23)12(2)27-18)16(11)26-28(24,25)15-8-6-14(19)7-9-15/h3-10,12H,1-2H3,(H,21,22,23). The summed E-state index contributed by atoms with van der Waals surface area (Å²) in [6.45, 7) is 3.52. The second-order valence-corrected chi connectivity index (χ2v) is 10.0. The van der Waals surface area contributed by atoms with Crippen LogP contribution in [0.1, 0.15) is 18.1 Å². The Bertz CT molecular complexity index is 1070. The fourth-order valence-electron chi connectivity index (χ4n) is 2.30. The Kier molecular flexibility index (Phi) is 6.40. The molecule has 10 heteroatoms. The fraction of sp³-hybridized carbons (Fsp3) is 0.167. The lowest BCUT2D eigenvalue weighted by molar-refractivity contribution is -0.118. The van der Waals surface area contributed by atoms with Gasteiger partial charge in [0.1, 0.15) is 4.90 Å². The maximum absolute atomic E-state index is 12.6. The van der Waals surface area contributed by atoms with E-state index >= 15 is 0 Å². The van der Waals surface area contributed by atoms with Gasteiger partial charge in [-0.25, -0.2) is 0 Å². The number of aryl methyl sites for hydroxylation is 1. The van der Waals surface area contributed by atoms with E-state index in [0.717, 1.165) is 3.57 Å². The Labute approximate surface area is 180 Å². The minimum Gasteiger partial charge on any atom is -0.378 e. The molecule has 2 aromatic carbocycles. The molecule has 1 amide bonds. The molecule has 28 heavy (non-hydrogen) atoms. The largest absolute Gasteiger partial charge is 0.378 e. The molecule has 2 aromatic rings. The second-order valence-electron chi connectivity index (χ2n) is 5.88. The first-order valence-electron chi connectivity index (χ1n) is 8.14. The second kappa shape index (κ2) is 8.62. The zero-order chi connectivity index (χ0) is 20.3. The molecule has 146 valence electrons. The molecule has 1 N–H and O–H groups in total. The third-order valence-corrected chi connectivity index (χ3v) is 6.70. The number of hydrogen-bond donors (Lipinski definition) is 1. The summed E-state index contributed by atoms with van der Waals surface area (Å²) in [6.07, 6.45) is 1.40. The van der Waals surface area contributed by atoms with Crippen molar-refractivity contribution in [3.8, 4) is 5.75 Å². The van der Waals surface area contributed by atoms with Crippen molar-refractivity contribution < 1.29 is 17.4 Å². The van der Waals surface area contributed by atoms with Gasteiger partial charge >= 0.3 is 10.1 Å². The minimum atomic E-state index is -3.99. The first-order valence-corrected chi connectivity index (χ1v) is 11.5. The van der Waals surface area contributed by atoms with Crippen LogP contribution in [0.3, 0.4) is 0 Å². The summed E-state index contributed by atoms with van der Waals surface area (Å²) in [5, 5.41) is 10.7. The highest BCUT2D eigenvalue weighted by molar-refractivity contribution is 14.1. The van der Waals surface area contributed by atoms with Crippen LogP contribution in [-0.4, -0.2) is 31.0 Å². The molecule has 1 heterocycles. The Hall–Kier alpha value is -1.92. The molecule has 1 atom stereocenters. The third kappa shape index (κ3) is 4.92. The van der Waals surface area contributed by atoms with Gasteiger partial charge in [0.25, 0.3) is 0 Å². The van der Waals surface area contributed by atoms with E-state index in [1.54, 1.807) is 44.2 Å². The molecule has 1 saturated heterocycles. The van der Waals surface area contributed by atoms with Gasteiger partial charge < -0.3 is 9.50 Å². The van der Waals surface area contributed by atoms with Gasteiger partial charge in [0.2, 0.25) is 5.91 Å². The zero-order valence-corrected chi connectivity index (χ0v) is 18.7. The first kappa shape index (κ1) is 20.8. The molecular weight excluding hydrogens is 513 g/mol. The van der Waals surface area contributed by atoms with Gasteiger partial charge in [-0.05, 0) is 72.3 Å². The van der Waals surface area contributed by atoms with E-state index < -0.39 is 10.1 Å². The number of halogens is 1. The predicted molar refractivity (Wildman–Crippen MR) is 118 cm³/mol. The van der Waals surface area contributed by atoms with Crippen LogP contribution in [0.4, 0.5) is 0 Å². The van der Waals surface area contributed by atoms with Crippen LogP contribution in [0.15, 0.2) is 57.6 Å². The highest BCUT2D eigenvalue weighted by Gasteiger charge is 2.25. The molecule has 0 spiro atoms. The average molecular weight is 529 g/mol. The van der Waals surface area contributed by atoms with Crippen molar-refractivity contribution in [2.24, 2.45) is 10.2 Å². The molecule has 0 bridgehead atoms. The lowest BCUT2D eigenvalue weighted by atomic mass is 10.1. The summed E-state index contributed by atoms with van der Waals surface area (Å²) in [7, 11) is -3.99. The van der Waals surface area contributed by atoms with Crippen molar-refractivity contribution in [1.29, 1.82) is 0 Å². The van der Waals surface area contributed by atoms with Crippen molar-refractivity contribution in [2.45, 2.75) is 24.0 Å². The third-order valence-electron chi connectivity index (χ3n) is 3.77. The predicted octanol–water partition coefficient (Wildman–Crippen LogP) is 3.31. The number of carbonyl (C=O) groups excluding carboxylic acids is 1. The molecule has 0 radical (unpaired) electrons. The van der Waals surface area contributed by atoms with Gasteiger partial charge in [-0.1, -0.05) is 23.9 Å². The topological polar surface area (TPSA) is 97.2 Å². The van der Waals surface area contributed by atoms with Gasteiger partial charge in [-0.15, -0.1) is 5.10 Å². The molecule has 0 saturated carbocycles. The van der Waals surface area contributed by atoms with E-state index in [1.165, 1.54) is 30.1 Å². The van der Waals surface area contributed by atoms with Crippen LogP contribution in [0, 0.1) is 10.5 Å². The van der Waals surface area contributed by atoms with E-state index in [2.05, 4.69) is 38.1 Å². The summed E-state index contributed by atoms with van der Waals surface area (Å²) >= 11 is 3.37. The van der Waals surface area contributed by atoms with Crippen LogP contribution >= 0.6 is 34.4 Å². The number of amidine groups is 1. The van der Waals surface area contributed by atoms with Gasteiger partial charge in [0, 0.05) is 9.13 Å². The molecule has 1 aliphatic rings. The van der Waals surface area contributed by atoms with Crippen LogP contribution in [0.5, 0.6) is 5.75 Å². The number of thioether (sulfide) groups is 1. The van der Waals surface area contributed by atoms with E-state index in [1.807, 2.05) is 0 Å². The van der Waals surface area contributed by atoms with Crippen molar-refractivity contribution in [2.75, 3.05) is 0 Å². The molecule has 0 aromatic heterocycles. The number of hydrogen-bond acceptors (Lipinski definition) is 7. The highest BCUT2D eigenvalue weighted by atomic mass is 127. The van der Waals surface area contributed by atoms with E-state index in [-0.39, 0.29) is 21.8 Å². The van der Waals surface area contributed by atoms with Gasteiger partial charge in [-0.2, -0.15) is 13.5 Å². The van der Waals surface area contributed by atoms with Crippen molar-refractivity contribution in [3.63, 3.8) is 0 Å². The molecular formula is C18H16IN3O4S2. The Morgan fingerprint density at radius 3 is 2.57 bits per heavy atom. The fourth-order valence-corrected chi connectivity index (χ4v) is 4.43. The molecule has 7 nitrogen and oxygen atoms in total. The molecule has 3 rings (SSSR count). The summed E-state index contributed by atoms with van der Waals surface area (Å²) in [6, 6.07) is 11.6. The van der Waals surface area contributed by atoms with Gasteiger partial charge in [0.15, 0.2) is 10.9 Å². The van der Waals surface area contributed by atoms with Crippen LogP contribution in [0.2, 0.25) is 0 Å². The smallest absolute Gasteiger partial charge is 0.339 e. The first-order chi connectivity index (χ1) is 13.3. The maximum Gasteiger partial charge on any atom is 0.339 e. The van der Waals surface area contributed by atoms with E-state index in [9.17, 15) is 13.2 Å². The SMILES string of the molecule is Cc1cccc(C=N/N=C2/NC(=O)C(C)S2)c1OS(=O)(=O)c1ccc(I)cc1. The van der Waals surface area contributed by atoms with Crippen LogP contribution < -0.4 is 9.50 Å². The average Bonchev–Trinajstić information content (AvgIpc) is 2.96. The molecule has 1 unspecified atom stereocenters. The number of para-hydroxylation sites is 1. The van der Waals surface area contributed by atoms with Crippen LogP contribution in [-0.2, 0) is 14.9 Å². The monoisotopic (exact) mass is 529 g/mol. The number of benzene rings is 2. The molecule has 1 aliphatic heterocycles. The number of rotatable bonds is 5. The number of amides is 1. The number of nitrogens with one attached hydrogen (secondary N) is 1. The summed E-state index contributed by atoms with van der Waals surface area (Å²) in [4.78, 5) is 11.5. The summed E-state index contributed by atoms with van der Waals surface area (Å²) in [5.41, 5.74) is 1.10. The van der Waals surface area contributed by atoms with Crippen molar-refractivity contribution in [1.82, 2.24) is 5.32 Å². The van der Waals surface area contributed by atoms with E-state index in [4.69, 9.17) is 4.18 Å². The van der Waals surface area contributed by atoms with Gasteiger partial charge in [0.05, 0.1) is 11.5 Å². The zero-order valence-electron chi connectivity index (χ0n) is 14.9. The number of nitrogens with zero attached hydrogens (tertiary/aromatic N) is 2. The van der Waals surface area contributed by atoms with Crippen molar-refractivity contribution in [3.05, 3.63) is 57.2 Å². The summed E-state index contributed by atoms with van der Waals surface area (Å²) in [5.74, 6) is 0.0589. The lowest BCUT2D eigenvalue weighted by Gasteiger charge is -2.11. The maximum atomic E-state index is 12.6. The minimum absolute atomic E-state index is 0.0679. The van der Waals surface area contributed by atoms with Crippen molar-refractivity contribution >= 4 is 61.8 Å². The quantitative estimate of drug-likeness (QED) is 0.278. The number of carbonyl (C=O) groups is 1.